The average molecular weight is 406 g/mol. The van der Waals surface area contributed by atoms with E-state index in [1.807, 2.05) is 55.1 Å². The SMILES string of the molecule is CC(C)n1c(Nc2ccc(-n3cccn3)cc2)nc2sc3c(c2c1=O)CCCC3. The third-order valence-corrected chi connectivity index (χ3v) is 6.62. The highest BCUT2D eigenvalue weighted by Gasteiger charge is 2.23. The number of anilines is 2. The van der Waals surface area contributed by atoms with Crippen LogP contribution in [-0.4, -0.2) is 19.3 Å². The molecule has 1 aliphatic rings. The minimum absolute atomic E-state index is 0.0180. The van der Waals surface area contributed by atoms with Crippen LogP contribution in [0, 0.1) is 0 Å². The molecule has 1 N–H and O–H groups in total. The molecule has 0 saturated carbocycles. The fourth-order valence-electron chi connectivity index (χ4n) is 4.03. The fraction of sp³-hybridized carbons (Fsp3) is 0.318. The predicted octanol–water partition coefficient (Wildman–Crippen LogP) is 4.85. The molecule has 0 bridgehead atoms. The third-order valence-electron chi connectivity index (χ3n) is 5.43. The largest absolute Gasteiger partial charge is 0.325 e. The number of nitrogens with one attached hydrogen (secondary N) is 1. The predicted molar refractivity (Wildman–Crippen MR) is 118 cm³/mol. The lowest BCUT2D eigenvalue weighted by molar-refractivity contribution is 0.582. The van der Waals surface area contributed by atoms with E-state index in [0.29, 0.717) is 5.95 Å². The standard InChI is InChI=1S/C22H23N5OS/c1-14(2)27-21(28)19-17-6-3-4-7-18(17)29-20(19)25-22(27)24-15-8-10-16(11-9-15)26-13-5-12-23-26/h5,8-14H,3-4,6-7H2,1-2H3,(H,24,25). The molecular weight excluding hydrogens is 382 g/mol. The molecule has 148 valence electrons. The Morgan fingerprint density at radius 2 is 1.93 bits per heavy atom. The van der Waals surface area contributed by atoms with Crippen molar-refractivity contribution in [3.63, 3.8) is 0 Å². The molecule has 0 fully saturated rings. The van der Waals surface area contributed by atoms with Crippen LogP contribution in [0.3, 0.4) is 0 Å². The molecule has 0 unspecified atom stereocenters. The molecule has 0 radical (unpaired) electrons. The van der Waals surface area contributed by atoms with Crippen LogP contribution in [0.1, 0.15) is 43.2 Å². The Labute approximate surface area is 172 Å². The Hall–Kier alpha value is -2.93. The van der Waals surface area contributed by atoms with Crippen molar-refractivity contribution in [3.05, 3.63) is 63.5 Å². The number of hydrogen-bond donors (Lipinski definition) is 1. The van der Waals surface area contributed by atoms with Crippen LogP contribution >= 0.6 is 11.3 Å². The van der Waals surface area contributed by atoms with E-state index in [9.17, 15) is 4.79 Å². The smallest absolute Gasteiger partial charge is 0.264 e. The highest BCUT2D eigenvalue weighted by atomic mass is 32.1. The topological polar surface area (TPSA) is 64.7 Å². The number of nitrogens with zero attached hydrogens (tertiary/aromatic N) is 4. The van der Waals surface area contributed by atoms with E-state index in [1.54, 1.807) is 22.1 Å². The van der Waals surface area contributed by atoms with Gasteiger partial charge >= 0.3 is 0 Å². The molecule has 5 rings (SSSR count). The first kappa shape index (κ1) is 18.1. The van der Waals surface area contributed by atoms with Gasteiger partial charge < -0.3 is 5.32 Å². The fourth-order valence-corrected chi connectivity index (χ4v) is 5.28. The van der Waals surface area contributed by atoms with E-state index in [0.717, 1.165) is 40.9 Å². The van der Waals surface area contributed by atoms with Gasteiger partial charge in [-0.25, -0.2) is 9.67 Å². The van der Waals surface area contributed by atoms with E-state index in [2.05, 4.69) is 10.4 Å². The number of thiophene rings is 1. The summed E-state index contributed by atoms with van der Waals surface area (Å²) >= 11 is 1.68. The van der Waals surface area contributed by atoms with Gasteiger partial charge in [-0.05, 0) is 75.4 Å². The molecule has 1 aromatic carbocycles. The maximum atomic E-state index is 13.4. The van der Waals surface area contributed by atoms with Gasteiger partial charge in [-0.15, -0.1) is 11.3 Å². The van der Waals surface area contributed by atoms with E-state index in [4.69, 9.17) is 4.98 Å². The Kier molecular flexibility index (Phi) is 4.47. The molecule has 29 heavy (non-hydrogen) atoms. The van der Waals surface area contributed by atoms with Gasteiger partial charge in [-0.3, -0.25) is 9.36 Å². The normalized spacial score (nSPS) is 13.8. The van der Waals surface area contributed by atoms with Crippen LogP contribution in [0.5, 0.6) is 0 Å². The highest BCUT2D eigenvalue weighted by Crippen LogP contribution is 2.35. The molecule has 7 heteroatoms. The molecule has 3 aromatic heterocycles. The van der Waals surface area contributed by atoms with Crippen molar-refractivity contribution in [1.82, 2.24) is 19.3 Å². The van der Waals surface area contributed by atoms with Crippen LogP contribution in [0.2, 0.25) is 0 Å². The lowest BCUT2D eigenvalue weighted by Crippen LogP contribution is -2.26. The molecule has 0 atom stereocenters. The average Bonchev–Trinajstić information content (AvgIpc) is 3.36. The van der Waals surface area contributed by atoms with Gasteiger partial charge in [-0.2, -0.15) is 5.10 Å². The van der Waals surface area contributed by atoms with Crippen molar-refractivity contribution in [2.75, 3.05) is 5.32 Å². The number of benzene rings is 1. The number of aromatic nitrogens is 4. The van der Waals surface area contributed by atoms with Crippen LogP contribution in [0.25, 0.3) is 15.9 Å². The van der Waals surface area contributed by atoms with Crippen LogP contribution in [0.15, 0.2) is 47.5 Å². The van der Waals surface area contributed by atoms with Crippen molar-refractivity contribution in [1.29, 1.82) is 0 Å². The van der Waals surface area contributed by atoms with Crippen LogP contribution in [0.4, 0.5) is 11.6 Å². The van der Waals surface area contributed by atoms with Gasteiger partial charge in [0, 0.05) is 29.0 Å². The lowest BCUT2D eigenvalue weighted by Gasteiger charge is -2.17. The number of hydrogen-bond acceptors (Lipinski definition) is 5. The van der Waals surface area contributed by atoms with Crippen molar-refractivity contribution >= 4 is 33.2 Å². The van der Waals surface area contributed by atoms with Crippen molar-refractivity contribution < 1.29 is 0 Å². The Morgan fingerprint density at radius 1 is 1.14 bits per heavy atom. The second-order valence-electron chi connectivity index (χ2n) is 7.72. The minimum Gasteiger partial charge on any atom is -0.325 e. The van der Waals surface area contributed by atoms with Crippen LogP contribution < -0.4 is 10.9 Å². The summed E-state index contributed by atoms with van der Waals surface area (Å²) in [6.07, 6.45) is 8.08. The lowest BCUT2D eigenvalue weighted by atomic mass is 9.97. The Morgan fingerprint density at radius 3 is 2.66 bits per heavy atom. The zero-order valence-electron chi connectivity index (χ0n) is 16.6. The van der Waals surface area contributed by atoms with E-state index >= 15 is 0 Å². The van der Waals surface area contributed by atoms with Crippen molar-refractivity contribution in [3.8, 4) is 5.69 Å². The van der Waals surface area contributed by atoms with Gasteiger partial charge in [0.2, 0.25) is 5.95 Å². The molecule has 1 aliphatic carbocycles. The molecule has 0 aliphatic heterocycles. The summed E-state index contributed by atoms with van der Waals surface area (Å²) in [7, 11) is 0. The van der Waals surface area contributed by atoms with Gasteiger partial charge in [0.1, 0.15) is 4.83 Å². The molecule has 0 spiro atoms. The first-order valence-corrected chi connectivity index (χ1v) is 10.9. The van der Waals surface area contributed by atoms with Gasteiger partial charge in [0.15, 0.2) is 0 Å². The first-order valence-electron chi connectivity index (χ1n) is 10.1. The molecule has 0 saturated heterocycles. The molecule has 3 heterocycles. The summed E-state index contributed by atoms with van der Waals surface area (Å²) in [5.41, 5.74) is 3.18. The number of rotatable bonds is 4. The maximum absolute atomic E-state index is 13.4. The van der Waals surface area contributed by atoms with Crippen molar-refractivity contribution in [2.24, 2.45) is 0 Å². The highest BCUT2D eigenvalue weighted by molar-refractivity contribution is 7.18. The van der Waals surface area contributed by atoms with Gasteiger partial charge in [0.05, 0.1) is 11.1 Å². The summed E-state index contributed by atoms with van der Waals surface area (Å²) in [5, 5.41) is 8.45. The second-order valence-corrected chi connectivity index (χ2v) is 8.80. The number of aryl methyl sites for hydroxylation is 2. The number of fused-ring (bicyclic) bond motifs is 3. The summed E-state index contributed by atoms with van der Waals surface area (Å²) in [6, 6.07) is 9.87. The molecule has 0 amide bonds. The monoisotopic (exact) mass is 405 g/mol. The van der Waals surface area contributed by atoms with Crippen molar-refractivity contribution in [2.45, 2.75) is 45.6 Å². The quantitative estimate of drug-likeness (QED) is 0.527. The van der Waals surface area contributed by atoms with Crippen LogP contribution in [-0.2, 0) is 12.8 Å². The summed E-state index contributed by atoms with van der Waals surface area (Å²) < 4.78 is 3.60. The maximum Gasteiger partial charge on any atom is 0.264 e. The Balaban J connectivity index is 1.57. The van der Waals surface area contributed by atoms with E-state index in [-0.39, 0.29) is 11.6 Å². The minimum atomic E-state index is 0.0180. The summed E-state index contributed by atoms with van der Waals surface area (Å²) in [4.78, 5) is 20.5. The summed E-state index contributed by atoms with van der Waals surface area (Å²) in [6.45, 7) is 4.06. The van der Waals surface area contributed by atoms with Gasteiger partial charge in [-0.1, -0.05) is 0 Å². The third kappa shape index (κ3) is 3.15. The Bertz CT molecular complexity index is 1220. The summed E-state index contributed by atoms with van der Waals surface area (Å²) in [5.74, 6) is 0.600. The second kappa shape index (κ2) is 7.15. The zero-order chi connectivity index (χ0) is 20.0. The molecule has 4 aromatic rings. The zero-order valence-corrected chi connectivity index (χ0v) is 17.4. The molecular formula is C22H23N5OS. The van der Waals surface area contributed by atoms with E-state index < -0.39 is 0 Å². The van der Waals surface area contributed by atoms with Gasteiger partial charge in [0.25, 0.3) is 5.56 Å². The molecule has 6 nitrogen and oxygen atoms in total. The van der Waals surface area contributed by atoms with E-state index in [1.165, 1.54) is 16.9 Å². The first-order chi connectivity index (χ1) is 14.1.